The molecule has 0 aliphatic carbocycles. The molecule has 0 unspecified atom stereocenters. The van der Waals surface area contributed by atoms with Crippen LogP contribution < -0.4 is 10.1 Å². The highest BCUT2D eigenvalue weighted by Gasteiger charge is 2.30. The van der Waals surface area contributed by atoms with Gasteiger partial charge in [0.2, 0.25) is 5.91 Å². The topological polar surface area (TPSA) is 58.6 Å². The zero-order valence-electron chi connectivity index (χ0n) is 19.7. The quantitative estimate of drug-likeness (QED) is 0.371. The second-order valence-corrected chi connectivity index (χ2v) is 9.16. The number of hydrogen-bond acceptors (Lipinski definition) is 3. The van der Waals surface area contributed by atoms with E-state index in [2.05, 4.69) is 21.2 Å². The molecule has 3 rings (SSSR count). The maximum atomic E-state index is 13.5. The summed E-state index contributed by atoms with van der Waals surface area (Å²) in [6, 6.07) is 24.5. The molecule has 0 bridgehead atoms. The highest BCUT2D eigenvalue weighted by atomic mass is 79.9. The molecular formula is C28H31BrN2O3. The predicted octanol–water partition coefficient (Wildman–Crippen LogP) is 5.30. The van der Waals surface area contributed by atoms with Gasteiger partial charge in [0.1, 0.15) is 11.8 Å². The standard InChI is InChI=1S/C28H31BrN2O3/c1-3-17-30-28(33)26(18-22-7-5-4-6-8-22)31(19-23-11-13-24(29)14-12-23)27(32)20-34-25-15-9-21(2)10-16-25/h4-16,26H,3,17-20H2,1-2H3,(H,30,33)/t26-/m1/s1. The molecule has 0 radical (unpaired) electrons. The number of carbonyl (C=O) groups is 2. The first-order valence-corrected chi connectivity index (χ1v) is 12.3. The SMILES string of the molecule is CCCNC(=O)[C@@H](Cc1ccccc1)N(Cc1ccc(Br)cc1)C(=O)COc1ccc(C)cc1. The lowest BCUT2D eigenvalue weighted by Crippen LogP contribution is -2.51. The molecule has 1 atom stereocenters. The summed E-state index contributed by atoms with van der Waals surface area (Å²) >= 11 is 3.46. The molecule has 0 heterocycles. The first kappa shape index (κ1) is 25.5. The summed E-state index contributed by atoms with van der Waals surface area (Å²) in [5, 5.41) is 2.98. The number of nitrogens with zero attached hydrogens (tertiary/aromatic N) is 1. The van der Waals surface area contributed by atoms with Crippen molar-refractivity contribution >= 4 is 27.7 Å². The van der Waals surface area contributed by atoms with Crippen molar-refractivity contribution in [1.82, 2.24) is 10.2 Å². The molecule has 0 spiro atoms. The Labute approximate surface area is 210 Å². The van der Waals surface area contributed by atoms with Crippen molar-refractivity contribution in [2.24, 2.45) is 0 Å². The van der Waals surface area contributed by atoms with E-state index in [1.54, 1.807) is 4.90 Å². The number of aryl methyl sites for hydroxylation is 1. The number of rotatable bonds is 11. The van der Waals surface area contributed by atoms with Gasteiger partial charge in [-0.25, -0.2) is 0 Å². The highest BCUT2D eigenvalue weighted by Crippen LogP contribution is 2.18. The van der Waals surface area contributed by atoms with Gasteiger partial charge in [-0.15, -0.1) is 0 Å². The van der Waals surface area contributed by atoms with Crippen LogP contribution >= 0.6 is 15.9 Å². The van der Waals surface area contributed by atoms with Crippen molar-refractivity contribution in [3.63, 3.8) is 0 Å². The molecule has 3 aromatic carbocycles. The van der Waals surface area contributed by atoms with Crippen molar-refractivity contribution in [2.75, 3.05) is 13.2 Å². The van der Waals surface area contributed by atoms with Crippen molar-refractivity contribution in [2.45, 2.75) is 39.3 Å². The molecule has 0 fully saturated rings. The molecule has 178 valence electrons. The van der Waals surface area contributed by atoms with Gasteiger partial charge in [0.15, 0.2) is 6.61 Å². The number of ether oxygens (including phenoxy) is 1. The lowest BCUT2D eigenvalue weighted by atomic mass is 10.0. The lowest BCUT2D eigenvalue weighted by molar-refractivity contribution is -0.142. The van der Waals surface area contributed by atoms with Crippen LogP contribution in [-0.4, -0.2) is 35.9 Å². The van der Waals surface area contributed by atoms with Gasteiger partial charge < -0.3 is 15.0 Å². The minimum absolute atomic E-state index is 0.147. The molecular weight excluding hydrogens is 492 g/mol. The molecule has 0 aromatic heterocycles. The Morgan fingerprint density at radius 2 is 1.62 bits per heavy atom. The largest absolute Gasteiger partial charge is 0.484 e. The Morgan fingerprint density at radius 1 is 0.941 bits per heavy atom. The Bertz CT molecular complexity index is 1050. The van der Waals surface area contributed by atoms with Gasteiger partial charge in [0, 0.05) is 24.0 Å². The summed E-state index contributed by atoms with van der Waals surface area (Å²) in [4.78, 5) is 28.4. The average molecular weight is 523 g/mol. The van der Waals surface area contributed by atoms with Crippen molar-refractivity contribution < 1.29 is 14.3 Å². The fraction of sp³-hybridized carbons (Fsp3) is 0.286. The zero-order valence-corrected chi connectivity index (χ0v) is 21.3. The molecule has 5 nitrogen and oxygen atoms in total. The van der Waals surface area contributed by atoms with E-state index in [0.717, 1.165) is 27.6 Å². The number of nitrogens with one attached hydrogen (secondary N) is 1. The number of hydrogen-bond donors (Lipinski definition) is 1. The predicted molar refractivity (Wildman–Crippen MR) is 139 cm³/mol. The van der Waals surface area contributed by atoms with Crippen molar-refractivity contribution in [3.8, 4) is 5.75 Å². The first-order valence-electron chi connectivity index (χ1n) is 11.5. The number of benzene rings is 3. The Hall–Kier alpha value is -3.12. The molecule has 0 saturated carbocycles. The van der Waals surface area contributed by atoms with Gasteiger partial charge in [0.05, 0.1) is 0 Å². The van der Waals surface area contributed by atoms with Gasteiger partial charge in [-0.3, -0.25) is 9.59 Å². The monoisotopic (exact) mass is 522 g/mol. The van der Waals surface area contributed by atoms with E-state index >= 15 is 0 Å². The van der Waals surface area contributed by atoms with Gasteiger partial charge >= 0.3 is 0 Å². The van der Waals surface area contributed by atoms with Gasteiger partial charge in [0.25, 0.3) is 5.91 Å². The summed E-state index contributed by atoms with van der Waals surface area (Å²) in [5.74, 6) is 0.222. The van der Waals surface area contributed by atoms with E-state index in [0.29, 0.717) is 25.3 Å². The Morgan fingerprint density at radius 3 is 2.26 bits per heavy atom. The van der Waals surface area contributed by atoms with Crippen LogP contribution in [0.25, 0.3) is 0 Å². The van der Waals surface area contributed by atoms with Crippen LogP contribution in [-0.2, 0) is 22.6 Å². The van der Waals surface area contributed by atoms with Crippen molar-refractivity contribution in [1.29, 1.82) is 0 Å². The van der Waals surface area contributed by atoms with E-state index < -0.39 is 6.04 Å². The second kappa shape index (κ2) is 12.9. The third-order valence-electron chi connectivity index (χ3n) is 5.47. The summed E-state index contributed by atoms with van der Waals surface area (Å²) in [7, 11) is 0. The lowest BCUT2D eigenvalue weighted by Gasteiger charge is -2.31. The second-order valence-electron chi connectivity index (χ2n) is 8.25. The van der Waals surface area contributed by atoms with E-state index in [1.165, 1.54) is 0 Å². The van der Waals surface area contributed by atoms with Gasteiger partial charge in [-0.2, -0.15) is 0 Å². The van der Waals surface area contributed by atoms with E-state index in [9.17, 15) is 9.59 Å². The molecule has 1 N–H and O–H groups in total. The molecule has 0 saturated heterocycles. The molecule has 2 amide bonds. The fourth-order valence-electron chi connectivity index (χ4n) is 3.57. The molecule has 0 aliphatic rings. The third kappa shape index (κ3) is 7.73. The Balaban J connectivity index is 1.87. The fourth-order valence-corrected chi connectivity index (χ4v) is 3.83. The highest BCUT2D eigenvalue weighted by molar-refractivity contribution is 9.10. The minimum atomic E-state index is -0.660. The molecule has 3 aromatic rings. The first-order chi connectivity index (χ1) is 16.5. The van der Waals surface area contributed by atoms with Crippen LogP contribution in [0.2, 0.25) is 0 Å². The number of amides is 2. The molecule has 0 aliphatic heterocycles. The zero-order chi connectivity index (χ0) is 24.3. The minimum Gasteiger partial charge on any atom is -0.484 e. The smallest absolute Gasteiger partial charge is 0.261 e. The Kier molecular flexibility index (Phi) is 9.71. The normalized spacial score (nSPS) is 11.5. The van der Waals surface area contributed by atoms with Crippen LogP contribution in [0.5, 0.6) is 5.75 Å². The maximum absolute atomic E-state index is 13.5. The summed E-state index contributed by atoms with van der Waals surface area (Å²) in [6.45, 7) is 4.72. The molecule has 34 heavy (non-hydrogen) atoms. The van der Waals surface area contributed by atoms with Crippen LogP contribution in [0.15, 0.2) is 83.3 Å². The average Bonchev–Trinajstić information content (AvgIpc) is 2.86. The maximum Gasteiger partial charge on any atom is 0.261 e. The van der Waals surface area contributed by atoms with E-state index in [4.69, 9.17) is 4.74 Å². The summed E-state index contributed by atoms with van der Waals surface area (Å²) in [5.41, 5.74) is 3.05. The summed E-state index contributed by atoms with van der Waals surface area (Å²) in [6.07, 6.45) is 1.24. The van der Waals surface area contributed by atoms with Crippen LogP contribution in [0.1, 0.15) is 30.0 Å². The summed E-state index contributed by atoms with van der Waals surface area (Å²) < 4.78 is 6.75. The van der Waals surface area contributed by atoms with Crippen molar-refractivity contribution in [3.05, 3.63) is 100 Å². The van der Waals surface area contributed by atoms with Gasteiger partial charge in [-0.1, -0.05) is 83.0 Å². The molecule has 6 heteroatoms. The van der Waals surface area contributed by atoms with E-state index in [1.807, 2.05) is 92.7 Å². The van der Waals surface area contributed by atoms with Gasteiger partial charge in [-0.05, 0) is 48.7 Å². The van der Waals surface area contributed by atoms with E-state index in [-0.39, 0.29) is 18.4 Å². The van der Waals surface area contributed by atoms with Crippen LogP contribution in [0, 0.1) is 6.92 Å². The third-order valence-corrected chi connectivity index (χ3v) is 6.00. The number of halogens is 1. The van der Waals surface area contributed by atoms with Crippen LogP contribution in [0.3, 0.4) is 0 Å². The number of carbonyl (C=O) groups excluding carboxylic acids is 2. The van der Waals surface area contributed by atoms with Crippen LogP contribution in [0.4, 0.5) is 0 Å².